The molecular formula is C42H29N3. The minimum atomic E-state index is 0.867. The summed E-state index contributed by atoms with van der Waals surface area (Å²) in [7, 11) is 0. The van der Waals surface area contributed by atoms with Gasteiger partial charge in [0.2, 0.25) is 0 Å². The molecule has 0 aliphatic heterocycles. The summed E-state index contributed by atoms with van der Waals surface area (Å²) in [5.74, 6) is 0.867. The van der Waals surface area contributed by atoms with Gasteiger partial charge in [-0.15, -0.1) is 0 Å². The fourth-order valence-corrected chi connectivity index (χ4v) is 6.36. The number of aromatic nitrogens is 2. The molecule has 0 fully saturated rings. The summed E-state index contributed by atoms with van der Waals surface area (Å²) in [4.78, 5) is 11.7. The van der Waals surface area contributed by atoms with Gasteiger partial charge in [-0.2, -0.15) is 0 Å². The van der Waals surface area contributed by atoms with Crippen LogP contribution in [0.1, 0.15) is 0 Å². The van der Waals surface area contributed by atoms with E-state index in [4.69, 9.17) is 9.97 Å². The van der Waals surface area contributed by atoms with Crippen LogP contribution in [0.2, 0.25) is 0 Å². The lowest BCUT2D eigenvalue weighted by Gasteiger charge is -2.25. The maximum atomic E-state index is 4.76. The van der Waals surface area contributed by atoms with Crippen LogP contribution >= 0.6 is 0 Å². The number of nitrogens with zero attached hydrogens (tertiary/aromatic N) is 3. The Kier molecular flexibility index (Phi) is 6.82. The Morgan fingerprint density at radius 3 is 1.56 bits per heavy atom. The SMILES string of the molecule is c1ccc(-c2cccc(N(c3ccc(-c4c5ccccc5c(-c5ccccn5)c5ccccc45)cc3)c3ccccn3)c2)cc1. The van der Waals surface area contributed by atoms with Gasteiger partial charge in [0.1, 0.15) is 5.82 Å². The van der Waals surface area contributed by atoms with Crippen LogP contribution in [-0.2, 0) is 0 Å². The van der Waals surface area contributed by atoms with E-state index in [1.165, 1.54) is 38.2 Å². The zero-order chi connectivity index (χ0) is 30.0. The zero-order valence-corrected chi connectivity index (χ0v) is 24.6. The molecule has 2 aromatic heterocycles. The molecule has 0 bridgehead atoms. The Morgan fingerprint density at radius 1 is 0.356 bits per heavy atom. The minimum Gasteiger partial charge on any atom is -0.295 e. The summed E-state index contributed by atoms with van der Waals surface area (Å²) in [5, 5.41) is 4.81. The number of pyridine rings is 2. The van der Waals surface area contributed by atoms with E-state index in [1.54, 1.807) is 0 Å². The fourth-order valence-electron chi connectivity index (χ4n) is 6.36. The lowest BCUT2D eigenvalue weighted by Crippen LogP contribution is -2.11. The van der Waals surface area contributed by atoms with E-state index in [1.807, 2.05) is 36.7 Å². The van der Waals surface area contributed by atoms with Crippen molar-refractivity contribution in [1.82, 2.24) is 9.97 Å². The number of hydrogen-bond donors (Lipinski definition) is 0. The van der Waals surface area contributed by atoms with E-state index < -0.39 is 0 Å². The highest BCUT2D eigenvalue weighted by Gasteiger charge is 2.18. The summed E-state index contributed by atoms with van der Waals surface area (Å²) in [6, 6.07) is 57.6. The molecule has 6 aromatic carbocycles. The monoisotopic (exact) mass is 575 g/mol. The van der Waals surface area contributed by atoms with Crippen molar-refractivity contribution in [1.29, 1.82) is 0 Å². The van der Waals surface area contributed by atoms with Crippen LogP contribution in [0.25, 0.3) is 55.1 Å². The normalized spacial score (nSPS) is 11.1. The van der Waals surface area contributed by atoms with Crippen LogP contribution in [0.15, 0.2) is 176 Å². The topological polar surface area (TPSA) is 29.0 Å². The van der Waals surface area contributed by atoms with Crippen molar-refractivity contribution < 1.29 is 0 Å². The Labute approximate surface area is 262 Å². The van der Waals surface area contributed by atoms with Gasteiger partial charge in [-0.1, -0.05) is 115 Å². The first-order valence-corrected chi connectivity index (χ1v) is 15.2. The van der Waals surface area contributed by atoms with E-state index in [9.17, 15) is 0 Å². The average molecular weight is 576 g/mol. The van der Waals surface area contributed by atoms with Crippen LogP contribution in [0.5, 0.6) is 0 Å². The molecule has 0 saturated heterocycles. The largest absolute Gasteiger partial charge is 0.295 e. The summed E-state index contributed by atoms with van der Waals surface area (Å²) in [6.07, 6.45) is 3.72. The maximum absolute atomic E-state index is 4.76. The molecule has 0 saturated carbocycles. The third kappa shape index (κ3) is 4.91. The summed E-state index contributed by atoms with van der Waals surface area (Å²) < 4.78 is 0. The second-order valence-corrected chi connectivity index (χ2v) is 11.0. The molecule has 45 heavy (non-hydrogen) atoms. The minimum absolute atomic E-state index is 0.867. The number of anilines is 3. The Hall–Kier alpha value is -6.06. The highest BCUT2D eigenvalue weighted by Crippen LogP contribution is 2.44. The van der Waals surface area contributed by atoms with Crippen molar-refractivity contribution in [2.75, 3.05) is 4.90 Å². The predicted molar refractivity (Wildman–Crippen MR) is 188 cm³/mol. The van der Waals surface area contributed by atoms with E-state index in [0.29, 0.717) is 0 Å². The van der Waals surface area contributed by atoms with Gasteiger partial charge in [0, 0.05) is 29.3 Å². The Bertz CT molecular complexity index is 2190. The van der Waals surface area contributed by atoms with E-state index >= 15 is 0 Å². The molecule has 3 nitrogen and oxygen atoms in total. The molecule has 0 aliphatic carbocycles. The van der Waals surface area contributed by atoms with Crippen LogP contribution in [-0.4, -0.2) is 9.97 Å². The Morgan fingerprint density at radius 2 is 0.933 bits per heavy atom. The van der Waals surface area contributed by atoms with E-state index in [-0.39, 0.29) is 0 Å². The molecule has 0 radical (unpaired) electrons. The van der Waals surface area contributed by atoms with Gasteiger partial charge in [-0.25, -0.2) is 4.98 Å². The molecule has 3 heteroatoms. The summed E-state index contributed by atoms with van der Waals surface area (Å²) in [5.41, 5.74) is 8.98. The maximum Gasteiger partial charge on any atom is 0.137 e. The van der Waals surface area contributed by atoms with Gasteiger partial charge in [0.25, 0.3) is 0 Å². The van der Waals surface area contributed by atoms with Crippen molar-refractivity contribution in [2.24, 2.45) is 0 Å². The smallest absolute Gasteiger partial charge is 0.137 e. The molecule has 8 rings (SSSR count). The quantitative estimate of drug-likeness (QED) is 0.185. The van der Waals surface area contributed by atoms with E-state index in [0.717, 1.165) is 34.0 Å². The third-order valence-electron chi connectivity index (χ3n) is 8.36. The predicted octanol–water partition coefficient (Wildman–Crippen LogP) is 11.3. The first-order chi connectivity index (χ1) is 22.3. The Balaban J connectivity index is 1.29. The lowest BCUT2D eigenvalue weighted by molar-refractivity contribution is 1.18. The van der Waals surface area contributed by atoms with Crippen LogP contribution in [0.3, 0.4) is 0 Å². The van der Waals surface area contributed by atoms with E-state index in [2.05, 4.69) is 144 Å². The third-order valence-corrected chi connectivity index (χ3v) is 8.36. The van der Waals surface area contributed by atoms with Crippen LogP contribution in [0.4, 0.5) is 17.2 Å². The number of fused-ring (bicyclic) bond motifs is 2. The molecular weight excluding hydrogens is 546 g/mol. The standard InChI is InChI=1S/C42H29N3/c1-2-13-30(14-3-1)32-15-12-16-34(29-32)45(40-22-9-11-28-44-40)33-25-23-31(24-26-33)41-35-17-4-6-19-37(35)42(39-21-8-10-27-43-39)38-20-7-5-18-36(38)41/h1-29H. The van der Waals surface area contributed by atoms with Gasteiger partial charge in [-0.3, -0.25) is 9.88 Å². The van der Waals surface area contributed by atoms with Crippen molar-refractivity contribution in [2.45, 2.75) is 0 Å². The number of benzene rings is 6. The molecule has 2 heterocycles. The highest BCUT2D eigenvalue weighted by molar-refractivity contribution is 6.21. The van der Waals surface area contributed by atoms with Gasteiger partial charge in [-0.05, 0) is 92.3 Å². The lowest BCUT2D eigenvalue weighted by atomic mass is 9.87. The molecule has 0 spiro atoms. The molecule has 0 aliphatic rings. The van der Waals surface area contributed by atoms with Crippen molar-refractivity contribution in [3.05, 3.63) is 176 Å². The van der Waals surface area contributed by atoms with Crippen LogP contribution < -0.4 is 4.90 Å². The number of hydrogen-bond acceptors (Lipinski definition) is 3. The molecule has 0 atom stereocenters. The fraction of sp³-hybridized carbons (Fsp3) is 0. The van der Waals surface area contributed by atoms with Crippen LogP contribution in [0, 0.1) is 0 Å². The highest BCUT2D eigenvalue weighted by atomic mass is 15.2. The van der Waals surface area contributed by atoms with Crippen molar-refractivity contribution in [3.63, 3.8) is 0 Å². The first-order valence-electron chi connectivity index (χ1n) is 15.2. The van der Waals surface area contributed by atoms with Gasteiger partial charge in [0.15, 0.2) is 0 Å². The van der Waals surface area contributed by atoms with Gasteiger partial charge < -0.3 is 0 Å². The summed E-state index contributed by atoms with van der Waals surface area (Å²) in [6.45, 7) is 0. The molecule has 0 N–H and O–H groups in total. The first kappa shape index (κ1) is 26.6. The molecule has 212 valence electrons. The molecule has 8 aromatic rings. The zero-order valence-electron chi connectivity index (χ0n) is 24.6. The molecule has 0 amide bonds. The second-order valence-electron chi connectivity index (χ2n) is 11.0. The average Bonchev–Trinajstić information content (AvgIpc) is 3.12. The van der Waals surface area contributed by atoms with Gasteiger partial charge >= 0.3 is 0 Å². The second kappa shape index (κ2) is 11.6. The molecule has 0 unspecified atom stereocenters. The number of rotatable bonds is 6. The van der Waals surface area contributed by atoms with Gasteiger partial charge in [0.05, 0.1) is 5.69 Å². The van der Waals surface area contributed by atoms with Crippen molar-refractivity contribution >= 4 is 38.7 Å². The van der Waals surface area contributed by atoms with Crippen molar-refractivity contribution in [3.8, 4) is 33.5 Å². The summed E-state index contributed by atoms with van der Waals surface area (Å²) >= 11 is 0.